The molecule has 0 aliphatic carbocycles. The number of ether oxygens (including phenoxy) is 2. The number of amides is 1. The summed E-state index contributed by atoms with van der Waals surface area (Å²) < 4.78 is 11.1. The Hall–Kier alpha value is -1.93. The predicted octanol–water partition coefficient (Wildman–Crippen LogP) is 9.73. The van der Waals surface area contributed by atoms with Gasteiger partial charge in [0.2, 0.25) is 5.91 Å². The average Bonchev–Trinajstić information content (AvgIpc) is 3.29. The first-order chi connectivity index (χ1) is 31.2. The molecule has 0 aromatic rings. The summed E-state index contributed by atoms with van der Waals surface area (Å²) in [6.45, 7) is 3.40. The summed E-state index contributed by atoms with van der Waals surface area (Å²) in [5.41, 5.74) is 0. The molecule has 64 heavy (non-hydrogen) atoms. The lowest BCUT2D eigenvalue weighted by Crippen LogP contribution is -2.60. The summed E-state index contributed by atoms with van der Waals surface area (Å²) in [7, 11) is 0. The van der Waals surface area contributed by atoms with Gasteiger partial charge in [-0.25, -0.2) is 0 Å². The van der Waals surface area contributed by atoms with Gasteiger partial charge in [-0.15, -0.1) is 0 Å². The van der Waals surface area contributed by atoms with Crippen molar-refractivity contribution in [2.45, 2.75) is 268 Å². The van der Waals surface area contributed by atoms with Crippen LogP contribution in [0.25, 0.3) is 0 Å². The van der Waals surface area contributed by atoms with Gasteiger partial charge in [-0.2, -0.15) is 0 Å². The predicted molar refractivity (Wildman–Crippen MR) is 261 cm³/mol. The Morgan fingerprint density at radius 3 is 1.41 bits per heavy atom. The first kappa shape index (κ1) is 60.1. The molecule has 0 bridgehead atoms. The molecule has 1 saturated heterocycles. The zero-order chi connectivity index (χ0) is 46.9. The molecule has 1 aliphatic heterocycles. The number of allylic oxidation sites excluding steroid dienone is 8. The van der Waals surface area contributed by atoms with Crippen molar-refractivity contribution in [3.8, 4) is 0 Å². The fraction of sp³-hybridized carbons (Fsp3) is 0.830. The monoisotopic (exact) mass is 908 g/mol. The molecule has 0 aromatic heterocycles. The summed E-state index contributed by atoms with van der Waals surface area (Å²) in [5.74, 6) is -0.719. The van der Waals surface area contributed by atoms with Gasteiger partial charge < -0.3 is 50.5 Å². The number of nitrogens with one attached hydrogen (secondary N) is 1. The van der Waals surface area contributed by atoms with E-state index in [1.165, 1.54) is 96.3 Å². The molecule has 1 fully saturated rings. The van der Waals surface area contributed by atoms with Crippen molar-refractivity contribution in [3.63, 3.8) is 0 Å². The second kappa shape index (κ2) is 42.4. The van der Waals surface area contributed by atoms with Gasteiger partial charge >= 0.3 is 0 Å². The van der Waals surface area contributed by atoms with Gasteiger partial charge in [0.15, 0.2) is 6.29 Å². The number of carbonyl (C=O) groups is 1. The van der Waals surface area contributed by atoms with Crippen LogP contribution in [0.4, 0.5) is 0 Å². The Bertz CT molecular complexity index is 1180. The van der Waals surface area contributed by atoms with Crippen molar-refractivity contribution in [2.75, 3.05) is 13.2 Å². The van der Waals surface area contributed by atoms with E-state index in [1.54, 1.807) is 0 Å². The van der Waals surface area contributed by atoms with Gasteiger partial charge in [0.25, 0.3) is 0 Å². The third-order valence-corrected chi connectivity index (χ3v) is 12.3. The Labute approximate surface area is 389 Å². The standard InChI is InChI=1S/C53H97NO10/c1-3-5-7-9-11-13-15-17-19-20-21-22-23-24-25-26-27-29-30-32-34-36-38-40-45(56)48(58)44(43-63-53-51(61)50(60)49(59)47(42-55)64-53)54-52(62)46(57)41-39-37-35-33-31-28-18-16-14-12-10-8-6-4-2/h14,16,22-23,26-27,32,34,44-51,53,55-61H,3-13,15,17-21,24-25,28-31,33,35-43H2,1-2H3,(H,54,62)/b16-14-,23-22+,27-26+,34-32+. The third kappa shape index (κ3) is 31.1. The first-order valence-corrected chi connectivity index (χ1v) is 26.0. The van der Waals surface area contributed by atoms with Crippen LogP contribution in [0, 0.1) is 0 Å². The molecule has 1 rings (SSSR count). The molecule has 1 amide bonds. The second-order valence-electron chi connectivity index (χ2n) is 18.2. The van der Waals surface area contributed by atoms with Crippen LogP contribution < -0.4 is 5.32 Å². The van der Waals surface area contributed by atoms with Gasteiger partial charge in [0.1, 0.15) is 36.6 Å². The zero-order valence-corrected chi connectivity index (χ0v) is 40.5. The fourth-order valence-corrected chi connectivity index (χ4v) is 8.00. The van der Waals surface area contributed by atoms with Crippen LogP contribution in [-0.4, -0.2) is 110 Å². The molecular formula is C53H97NO10. The lowest BCUT2D eigenvalue weighted by Gasteiger charge is -2.40. The molecular weight excluding hydrogens is 811 g/mol. The summed E-state index contributed by atoms with van der Waals surface area (Å²) in [6, 6.07) is -1.20. The van der Waals surface area contributed by atoms with Crippen LogP contribution in [0.2, 0.25) is 0 Å². The van der Waals surface area contributed by atoms with Crippen LogP contribution in [0.5, 0.6) is 0 Å². The molecule has 1 aliphatic rings. The molecule has 0 spiro atoms. The smallest absolute Gasteiger partial charge is 0.249 e. The quantitative estimate of drug-likeness (QED) is 0.0216. The van der Waals surface area contributed by atoms with Gasteiger partial charge in [0, 0.05) is 0 Å². The van der Waals surface area contributed by atoms with E-state index in [0.29, 0.717) is 19.3 Å². The van der Waals surface area contributed by atoms with Crippen LogP contribution in [0.15, 0.2) is 48.6 Å². The van der Waals surface area contributed by atoms with E-state index in [9.17, 15) is 40.5 Å². The maximum Gasteiger partial charge on any atom is 0.249 e. The molecule has 374 valence electrons. The van der Waals surface area contributed by atoms with Crippen LogP contribution in [0.3, 0.4) is 0 Å². The molecule has 9 atom stereocenters. The highest BCUT2D eigenvalue weighted by Crippen LogP contribution is 2.23. The number of hydrogen-bond acceptors (Lipinski definition) is 10. The van der Waals surface area contributed by atoms with Gasteiger partial charge in [-0.1, -0.05) is 172 Å². The molecule has 0 radical (unpaired) electrons. The molecule has 9 unspecified atom stereocenters. The minimum Gasteiger partial charge on any atom is -0.394 e. The largest absolute Gasteiger partial charge is 0.394 e. The summed E-state index contributed by atoms with van der Waals surface area (Å²) in [4.78, 5) is 13.1. The lowest BCUT2D eigenvalue weighted by molar-refractivity contribution is -0.303. The number of hydrogen-bond donors (Lipinski definition) is 8. The van der Waals surface area contributed by atoms with Gasteiger partial charge in [-0.3, -0.25) is 4.79 Å². The molecule has 11 nitrogen and oxygen atoms in total. The highest BCUT2D eigenvalue weighted by molar-refractivity contribution is 5.80. The summed E-state index contributed by atoms with van der Waals surface area (Å²) >= 11 is 0. The van der Waals surface area contributed by atoms with E-state index >= 15 is 0 Å². The molecule has 0 saturated carbocycles. The Morgan fingerprint density at radius 1 is 0.531 bits per heavy atom. The number of aliphatic hydroxyl groups excluding tert-OH is 7. The second-order valence-corrected chi connectivity index (χ2v) is 18.2. The summed E-state index contributed by atoms with van der Waals surface area (Å²) in [5, 5.41) is 75.8. The van der Waals surface area contributed by atoms with E-state index in [4.69, 9.17) is 9.47 Å². The zero-order valence-electron chi connectivity index (χ0n) is 40.5. The van der Waals surface area contributed by atoms with E-state index < -0.39 is 74.2 Å². The van der Waals surface area contributed by atoms with Crippen molar-refractivity contribution < 1.29 is 50.0 Å². The van der Waals surface area contributed by atoms with Crippen molar-refractivity contribution in [1.82, 2.24) is 5.32 Å². The lowest BCUT2D eigenvalue weighted by atomic mass is 9.98. The van der Waals surface area contributed by atoms with E-state index in [2.05, 4.69) is 67.8 Å². The summed E-state index contributed by atoms with van der Waals surface area (Å²) in [6.07, 6.45) is 40.2. The minimum absolute atomic E-state index is 0.239. The normalized spacial score (nSPS) is 21.4. The third-order valence-electron chi connectivity index (χ3n) is 12.3. The van der Waals surface area contributed by atoms with Crippen molar-refractivity contribution in [1.29, 1.82) is 0 Å². The van der Waals surface area contributed by atoms with Gasteiger partial charge in [0.05, 0.1) is 25.4 Å². The van der Waals surface area contributed by atoms with Crippen LogP contribution >= 0.6 is 0 Å². The number of unbranched alkanes of at least 4 members (excludes halogenated alkanes) is 23. The van der Waals surface area contributed by atoms with Crippen molar-refractivity contribution in [3.05, 3.63) is 48.6 Å². The first-order valence-electron chi connectivity index (χ1n) is 26.0. The highest BCUT2D eigenvalue weighted by Gasteiger charge is 2.44. The van der Waals surface area contributed by atoms with Crippen molar-refractivity contribution in [2.24, 2.45) is 0 Å². The number of carbonyl (C=O) groups excluding carboxylic acids is 1. The Balaban J connectivity index is 2.42. The van der Waals surface area contributed by atoms with E-state index in [-0.39, 0.29) is 12.8 Å². The fourth-order valence-electron chi connectivity index (χ4n) is 8.00. The Morgan fingerprint density at radius 2 is 0.938 bits per heavy atom. The number of aliphatic hydroxyl groups is 7. The van der Waals surface area contributed by atoms with Crippen LogP contribution in [0.1, 0.15) is 213 Å². The Kier molecular flexibility index (Phi) is 39.8. The van der Waals surface area contributed by atoms with Crippen molar-refractivity contribution >= 4 is 5.91 Å². The van der Waals surface area contributed by atoms with Crippen LogP contribution in [-0.2, 0) is 14.3 Å². The molecule has 8 N–H and O–H groups in total. The maximum atomic E-state index is 13.1. The van der Waals surface area contributed by atoms with E-state index in [1.807, 2.05) is 0 Å². The molecule has 1 heterocycles. The molecule has 11 heteroatoms. The maximum absolute atomic E-state index is 13.1. The topological polar surface area (TPSA) is 189 Å². The van der Waals surface area contributed by atoms with E-state index in [0.717, 1.165) is 70.6 Å². The highest BCUT2D eigenvalue weighted by atomic mass is 16.7. The van der Waals surface area contributed by atoms with Gasteiger partial charge in [-0.05, 0) is 89.9 Å². The molecule has 0 aromatic carbocycles. The number of rotatable bonds is 43. The SMILES string of the molecule is CCCCCC/C=C\CCCCCCCCC(O)C(=O)NC(COC1OC(CO)C(O)C(O)C1O)C(O)C(O)CCC/C=C/CC/C=C/CC/C=C/CCCCCCCCCCCC. The average molecular weight is 908 g/mol. The minimum atomic E-state index is -1.67.